The number of carbonyl (C=O) groups is 2. The van der Waals surface area contributed by atoms with E-state index >= 15 is 0 Å². The van der Waals surface area contributed by atoms with E-state index in [4.69, 9.17) is 16.3 Å². The van der Waals surface area contributed by atoms with E-state index in [1.165, 1.54) is 6.07 Å². The Morgan fingerprint density at radius 1 is 1.09 bits per heavy atom. The van der Waals surface area contributed by atoms with Crippen LogP contribution in [0.5, 0.6) is 11.5 Å². The third kappa shape index (κ3) is 4.58. The molecule has 0 aromatic heterocycles. The van der Waals surface area contributed by atoms with Crippen LogP contribution in [-0.2, 0) is 9.59 Å². The van der Waals surface area contributed by atoms with Gasteiger partial charge in [0.1, 0.15) is 17.3 Å². The van der Waals surface area contributed by atoms with Crippen molar-refractivity contribution in [2.24, 2.45) is 0 Å². The number of aliphatic hydroxyl groups excluding tert-OH is 1. The number of aromatic hydroxyl groups is 1. The van der Waals surface area contributed by atoms with Gasteiger partial charge in [0.05, 0.1) is 22.7 Å². The van der Waals surface area contributed by atoms with Gasteiger partial charge in [0.25, 0.3) is 11.7 Å². The summed E-state index contributed by atoms with van der Waals surface area (Å²) in [6, 6.07) is 10.6. The van der Waals surface area contributed by atoms with Crippen molar-refractivity contribution >= 4 is 29.1 Å². The summed E-state index contributed by atoms with van der Waals surface area (Å²) < 4.78 is 5.73. The summed E-state index contributed by atoms with van der Waals surface area (Å²) in [4.78, 5) is 28.1. The molecule has 1 saturated heterocycles. The van der Waals surface area contributed by atoms with Crippen molar-refractivity contribution in [1.82, 2.24) is 4.90 Å². The average Bonchev–Trinajstić information content (AvgIpc) is 3.06. The maximum absolute atomic E-state index is 13.2. The highest BCUT2D eigenvalue weighted by molar-refractivity contribution is 6.46. The van der Waals surface area contributed by atoms with Gasteiger partial charge < -0.3 is 19.8 Å². The second kappa shape index (κ2) is 9.48. The van der Waals surface area contributed by atoms with Gasteiger partial charge in [-0.1, -0.05) is 49.1 Å². The lowest BCUT2D eigenvalue weighted by Crippen LogP contribution is -2.40. The van der Waals surface area contributed by atoms with Gasteiger partial charge in [-0.3, -0.25) is 9.59 Å². The van der Waals surface area contributed by atoms with Crippen LogP contribution in [0.25, 0.3) is 5.76 Å². The van der Waals surface area contributed by atoms with E-state index in [-0.39, 0.29) is 34.3 Å². The first-order valence-electron chi connectivity index (χ1n) is 11.3. The van der Waals surface area contributed by atoms with Crippen LogP contribution in [-0.4, -0.2) is 38.9 Å². The molecule has 0 spiro atoms. The van der Waals surface area contributed by atoms with E-state index in [9.17, 15) is 19.8 Å². The minimum Gasteiger partial charge on any atom is -0.507 e. The average molecular weight is 470 g/mol. The summed E-state index contributed by atoms with van der Waals surface area (Å²) in [6.07, 6.45) is 4.59. The standard InChI is InChI=1S/C26H28ClNO5/c1-15(2)33-19-10-6-7-17(13-19)24(30)22-23(16-11-12-21(29)20(27)14-16)28(26(32)25(22)31)18-8-4-3-5-9-18/h6-7,10-15,18,23,29-30H,3-5,8-9H2,1-2H3/b24-22-. The summed E-state index contributed by atoms with van der Waals surface area (Å²) in [6.45, 7) is 3.80. The minimum atomic E-state index is -0.791. The number of aliphatic hydroxyl groups is 1. The summed E-state index contributed by atoms with van der Waals surface area (Å²) in [5.41, 5.74) is 0.984. The zero-order valence-electron chi connectivity index (χ0n) is 18.8. The highest BCUT2D eigenvalue weighted by Crippen LogP contribution is 2.44. The van der Waals surface area contributed by atoms with Crippen LogP contribution in [0, 0.1) is 0 Å². The lowest BCUT2D eigenvalue weighted by molar-refractivity contribution is -0.141. The summed E-state index contributed by atoms with van der Waals surface area (Å²) in [5, 5.41) is 21.3. The van der Waals surface area contributed by atoms with Crippen molar-refractivity contribution in [3.05, 3.63) is 64.2 Å². The number of hydrogen-bond donors (Lipinski definition) is 2. The third-order valence-electron chi connectivity index (χ3n) is 6.21. The number of halogens is 1. The van der Waals surface area contributed by atoms with Crippen molar-refractivity contribution in [2.75, 3.05) is 0 Å². The van der Waals surface area contributed by atoms with Gasteiger partial charge in [-0.05, 0) is 56.5 Å². The van der Waals surface area contributed by atoms with E-state index < -0.39 is 17.7 Å². The first kappa shape index (κ1) is 23.2. The maximum Gasteiger partial charge on any atom is 0.295 e. The highest BCUT2D eigenvalue weighted by atomic mass is 35.5. The lowest BCUT2D eigenvalue weighted by atomic mass is 9.91. The summed E-state index contributed by atoms with van der Waals surface area (Å²) >= 11 is 6.18. The number of amides is 1. The Bertz CT molecular complexity index is 1100. The monoisotopic (exact) mass is 469 g/mol. The van der Waals surface area contributed by atoms with E-state index in [0.717, 1.165) is 32.1 Å². The van der Waals surface area contributed by atoms with Crippen molar-refractivity contribution in [3.63, 3.8) is 0 Å². The number of benzene rings is 2. The van der Waals surface area contributed by atoms with Crippen molar-refractivity contribution in [3.8, 4) is 11.5 Å². The Balaban J connectivity index is 1.86. The molecule has 0 radical (unpaired) electrons. The Kier molecular flexibility index (Phi) is 6.66. The van der Waals surface area contributed by atoms with Crippen molar-refractivity contribution < 1.29 is 24.5 Å². The predicted octanol–water partition coefficient (Wildman–Crippen LogP) is 5.59. The van der Waals surface area contributed by atoms with Gasteiger partial charge in [-0.2, -0.15) is 0 Å². The van der Waals surface area contributed by atoms with Gasteiger partial charge in [-0.15, -0.1) is 0 Å². The van der Waals surface area contributed by atoms with Gasteiger partial charge in [0.2, 0.25) is 0 Å². The molecule has 0 bridgehead atoms. The number of ether oxygens (including phenoxy) is 1. The largest absolute Gasteiger partial charge is 0.507 e. The number of phenols is 1. The predicted molar refractivity (Wildman–Crippen MR) is 126 cm³/mol. The molecule has 1 aliphatic heterocycles. The number of ketones is 1. The topological polar surface area (TPSA) is 87.1 Å². The molecule has 7 heteroatoms. The SMILES string of the molecule is CC(C)Oc1cccc(/C(O)=C2/C(=O)C(=O)N(C3CCCCC3)C2c2ccc(O)c(Cl)c2)c1. The zero-order chi connectivity index (χ0) is 23.7. The number of rotatable bonds is 5. The number of carbonyl (C=O) groups excluding carboxylic acids is 2. The number of nitrogens with zero attached hydrogens (tertiary/aromatic N) is 1. The molecule has 1 atom stereocenters. The van der Waals surface area contributed by atoms with Crippen LogP contribution < -0.4 is 4.74 Å². The molecule has 2 aromatic rings. The minimum absolute atomic E-state index is 0.0222. The van der Waals surface area contributed by atoms with E-state index in [1.807, 2.05) is 13.8 Å². The molecule has 2 fully saturated rings. The summed E-state index contributed by atoms with van der Waals surface area (Å²) in [5.74, 6) is -1.13. The molecule has 1 amide bonds. The zero-order valence-corrected chi connectivity index (χ0v) is 19.5. The molecule has 2 aromatic carbocycles. The van der Waals surface area contributed by atoms with Gasteiger partial charge in [0, 0.05) is 11.6 Å². The van der Waals surface area contributed by atoms with Crippen LogP contribution >= 0.6 is 11.6 Å². The molecule has 174 valence electrons. The fraction of sp³-hybridized carbons (Fsp3) is 0.385. The summed E-state index contributed by atoms with van der Waals surface area (Å²) in [7, 11) is 0. The normalized spacial score (nSPS) is 21.1. The number of hydrogen-bond acceptors (Lipinski definition) is 5. The van der Waals surface area contributed by atoms with Crippen LogP contribution in [0.3, 0.4) is 0 Å². The number of Topliss-reactive ketones (excluding diaryl/α,β-unsaturated/α-hetero) is 1. The maximum atomic E-state index is 13.2. The molecule has 1 aliphatic carbocycles. The fourth-order valence-electron chi connectivity index (χ4n) is 4.75. The lowest BCUT2D eigenvalue weighted by Gasteiger charge is -2.35. The molecule has 2 aliphatic rings. The van der Waals surface area contributed by atoms with Crippen LogP contribution in [0.15, 0.2) is 48.0 Å². The van der Waals surface area contributed by atoms with Gasteiger partial charge in [0.15, 0.2) is 0 Å². The second-order valence-corrected chi connectivity index (χ2v) is 9.31. The molecular weight excluding hydrogens is 442 g/mol. The smallest absolute Gasteiger partial charge is 0.295 e. The third-order valence-corrected chi connectivity index (χ3v) is 6.52. The second-order valence-electron chi connectivity index (χ2n) is 8.90. The van der Waals surface area contributed by atoms with Crippen LogP contribution in [0.4, 0.5) is 0 Å². The van der Waals surface area contributed by atoms with Crippen molar-refractivity contribution in [1.29, 1.82) is 0 Å². The Labute approximate surface area is 198 Å². The molecule has 1 heterocycles. The molecule has 1 unspecified atom stereocenters. The molecule has 4 rings (SSSR count). The van der Waals surface area contributed by atoms with Crippen molar-refractivity contribution in [2.45, 2.75) is 64.1 Å². The van der Waals surface area contributed by atoms with E-state index in [0.29, 0.717) is 16.9 Å². The first-order chi connectivity index (χ1) is 15.8. The number of phenolic OH excluding ortho intramolecular Hbond substituents is 1. The quantitative estimate of drug-likeness (QED) is 0.338. The first-order valence-corrected chi connectivity index (χ1v) is 11.7. The fourth-order valence-corrected chi connectivity index (χ4v) is 4.94. The van der Waals surface area contributed by atoms with E-state index in [2.05, 4.69) is 0 Å². The molecular formula is C26H28ClNO5. The van der Waals surface area contributed by atoms with Gasteiger partial charge in [-0.25, -0.2) is 0 Å². The molecule has 2 N–H and O–H groups in total. The Hall–Kier alpha value is -2.99. The Morgan fingerprint density at radius 2 is 1.82 bits per heavy atom. The number of likely N-dealkylation sites (tertiary alicyclic amines) is 1. The van der Waals surface area contributed by atoms with E-state index in [1.54, 1.807) is 41.3 Å². The highest BCUT2D eigenvalue weighted by Gasteiger charge is 2.49. The van der Waals surface area contributed by atoms with Gasteiger partial charge >= 0.3 is 0 Å². The molecule has 33 heavy (non-hydrogen) atoms. The van der Waals surface area contributed by atoms with Crippen LogP contribution in [0.1, 0.15) is 63.1 Å². The Morgan fingerprint density at radius 3 is 2.48 bits per heavy atom. The molecule has 6 nitrogen and oxygen atoms in total. The van der Waals surface area contributed by atoms with Crippen LogP contribution in [0.2, 0.25) is 5.02 Å². The molecule has 1 saturated carbocycles.